The maximum Gasteiger partial charge on any atom is 0.257 e. The van der Waals surface area contributed by atoms with E-state index >= 15 is 0 Å². The Balaban J connectivity index is 1.67. The topological polar surface area (TPSA) is 66.9 Å². The van der Waals surface area contributed by atoms with Gasteiger partial charge in [-0.05, 0) is 60.0 Å². The lowest BCUT2D eigenvalue weighted by molar-refractivity contribution is 0.102. The summed E-state index contributed by atoms with van der Waals surface area (Å²) in [6, 6.07) is 16.8. The molecule has 0 atom stereocenters. The van der Waals surface area contributed by atoms with Crippen LogP contribution in [0.1, 0.15) is 15.9 Å². The van der Waals surface area contributed by atoms with Crippen molar-refractivity contribution in [2.75, 3.05) is 17.7 Å². The van der Waals surface area contributed by atoms with Gasteiger partial charge in [0.1, 0.15) is 0 Å². The van der Waals surface area contributed by atoms with Gasteiger partial charge in [0.15, 0.2) is 0 Å². The van der Waals surface area contributed by atoms with Crippen molar-refractivity contribution in [3.63, 3.8) is 0 Å². The minimum Gasteiger partial charge on any atom is -0.357 e. The van der Waals surface area contributed by atoms with E-state index in [9.17, 15) is 4.79 Å². The number of hydrogen-bond donors (Lipinski definition) is 2. The van der Waals surface area contributed by atoms with E-state index in [2.05, 4.69) is 20.6 Å². The molecule has 0 saturated heterocycles. The molecular formula is C23H18Cl2N4O. The molecule has 0 radical (unpaired) electrons. The fraction of sp³-hybridized carbons (Fsp3) is 0.0870. The fourth-order valence-electron chi connectivity index (χ4n) is 3.21. The van der Waals surface area contributed by atoms with E-state index in [0.717, 1.165) is 27.6 Å². The van der Waals surface area contributed by atoms with Crippen LogP contribution in [0.5, 0.6) is 0 Å². The second-order valence-corrected chi connectivity index (χ2v) is 7.59. The standard InChI is InChI=1S/C23H18Cl2N4O/c1-13-6-8-16(28-22(30)17-4-3-5-19(24)21(17)25)11-18(13)14-7-9-20-15(10-14)12-27-23(26-2)29-20/h3-12H,1-2H3,(H,28,30)(H,26,27,29). The van der Waals surface area contributed by atoms with Crippen LogP contribution in [0.2, 0.25) is 10.0 Å². The van der Waals surface area contributed by atoms with Crippen LogP contribution < -0.4 is 10.6 Å². The second-order valence-electron chi connectivity index (χ2n) is 6.80. The van der Waals surface area contributed by atoms with Gasteiger partial charge in [0, 0.05) is 24.3 Å². The summed E-state index contributed by atoms with van der Waals surface area (Å²) in [5, 5.41) is 7.36. The molecule has 7 heteroatoms. The summed E-state index contributed by atoms with van der Waals surface area (Å²) in [5.41, 5.74) is 4.95. The van der Waals surface area contributed by atoms with Gasteiger partial charge < -0.3 is 10.6 Å². The Morgan fingerprint density at radius 3 is 2.67 bits per heavy atom. The lowest BCUT2D eigenvalue weighted by Crippen LogP contribution is -2.12. The zero-order valence-electron chi connectivity index (χ0n) is 16.3. The average molecular weight is 437 g/mol. The van der Waals surface area contributed by atoms with Crippen LogP contribution >= 0.6 is 23.2 Å². The summed E-state index contributed by atoms with van der Waals surface area (Å²) < 4.78 is 0. The van der Waals surface area contributed by atoms with Gasteiger partial charge in [-0.15, -0.1) is 0 Å². The number of benzene rings is 3. The molecule has 1 aromatic heterocycles. The van der Waals surface area contributed by atoms with E-state index in [1.54, 1.807) is 31.4 Å². The van der Waals surface area contributed by atoms with Crippen molar-refractivity contribution in [3.8, 4) is 11.1 Å². The zero-order chi connectivity index (χ0) is 21.3. The van der Waals surface area contributed by atoms with Gasteiger partial charge in [-0.3, -0.25) is 4.79 Å². The van der Waals surface area contributed by atoms with Crippen molar-refractivity contribution in [2.24, 2.45) is 0 Å². The third kappa shape index (κ3) is 3.95. The summed E-state index contributed by atoms with van der Waals surface area (Å²) in [7, 11) is 1.79. The third-order valence-electron chi connectivity index (χ3n) is 4.81. The molecule has 0 spiro atoms. The van der Waals surface area contributed by atoms with Gasteiger partial charge in [0.25, 0.3) is 5.91 Å². The first kappa shape index (κ1) is 20.1. The van der Waals surface area contributed by atoms with Crippen LogP contribution in [-0.2, 0) is 0 Å². The highest BCUT2D eigenvalue weighted by Crippen LogP contribution is 2.30. The van der Waals surface area contributed by atoms with Crippen LogP contribution in [0.4, 0.5) is 11.6 Å². The number of aryl methyl sites for hydroxylation is 1. The maximum atomic E-state index is 12.7. The molecule has 150 valence electrons. The Morgan fingerprint density at radius 2 is 1.87 bits per heavy atom. The van der Waals surface area contributed by atoms with Crippen LogP contribution in [0.25, 0.3) is 22.0 Å². The fourth-order valence-corrected chi connectivity index (χ4v) is 3.60. The zero-order valence-corrected chi connectivity index (χ0v) is 17.8. The highest BCUT2D eigenvalue weighted by atomic mass is 35.5. The lowest BCUT2D eigenvalue weighted by Gasteiger charge is -2.12. The van der Waals surface area contributed by atoms with Crippen LogP contribution in [0, 0.1) is 6.92 Å². The normalized spacial score (nSPS) is 10.8. The largest absolute Gasteiger partial charge is 0.357 e. The Bertz CT molecular complexity index is 1270. The summed E-state index contributed by atoms with van der Waals surface area (Å²) in [5.74, 6) is 0.264. The van der Waals surface area contributed by atoms with Crippen LogP contribution in [-0.4, -0.2) is 22.9 Å². The molecule has 5 nitrogen and oxygen atoms in total. The first-order valence-corrected chi connectivity index (χ1v) is 10.0. The molecule has 4 aromatic rings. The van der Waals surface area contributed by atoms with Gasteiger partial charge in [-0.2, -0.15) is 0 Å². The molecule has 0 aliphatic heterocycles. The smallest absolute Gasteiger partial charge is 0.257 e. The van der Waals surface area contributed by atoms with E-state index in [1.807, 2.05) is 43.3 Å². The Labute approximate surface area is 184 Å². The molecule has 0 unspecified atom stereocenters. The lowest BCUT2D eigenvalue weighted by atomic mass is 9.98. The number of anilines is 2. The number of carbonyl (C=O) groups excluding carboxylic acids is 1. The Kier molecular flexibility index (Phi) is 5.57. The van der Waals surface area contributed by atoms with Gasteiger partial charge in [0.2, 0.25) is 5.95 Å². The highest BCUT2D eigenvalue weighted by molar-refractivity contribution is 6.44. The van der Waals surface area contributed by atoms with Gasteiger partial charge >= 0.3 is 0 Å². The summed E-state index contributed by atoms with van der Waals surface area (Å²) in [6.45, 7) is 2.03. The highest BCUT2D eigenvalue weighted by Gasteiger charge is 2.14. The minimum atomic E-state index is -0.316. The molecule has 30 heavy (non-hydrogen) atoms. The SMILES string of the molecule is CNc1ncc2cc(-c3cc(NC(=O)c4cccc(Cl)c4Cl)ccc3C)ccc2n1. The monoisotopic (exact) mass is 436 g/mol. The van der Waals surface area contributed by atoms with Crippen molar-refractivity contribution < 1.29 is 4.79 Å². The summed E-state index contributed by atoms with van der Waals surface area (Å²) in [6.07, 6.45) is 1.79. The number of amides is 1. The van der Waals surface area contributed by atoms with E-state index in [1.165, 1.54) is 0 Å². The van der Waals surface area contributed by atoms with E-state index < -0.39 is 0 Å². The predicted octanol–water partition coefficient (Wildman–Crippen LogP) is 6.21. The van der Waals surface area contributed by atoms with Crippen molar-refractivity contribution in [2.45, 2.75) is 6.92 Å². The molecule has 2 N–H and O–H groups in total. The number of aromatic nitrogens is 2. The van der Waals surface area contributed by atoms with Crippen molar-refractivity contribution >= 4 is 51.6 Å². The molecule has 0 aliphatic rings. The first-order chi connectivity index (χ1) is 14.5. The molecule has 0 bridgehead atoms. The third-order valence-corrected chi connectivity index (χ3v) is 5.62. The van der Waals surface area contributed by atoms with Crippen molar-refractivity contribution in [1.29, 1.82) is 0 Å². The first-order valence-electron chi connectivity index (χ1n) is 9.27. The summed E-state index contributed by atoms with van der Waals surface area (Å²) in [4.78, 5) is 21.4. The number of fused-ring (bicyclic) bond motifs is 1. The average Bonchev–Trinajstić information content (AvgIpc) is 2.76. The summed E-state index contributed by atoms with van der Waals surface area (Å²) >= 11 is 12.2. The number of nitrogens with zero attached hydrogens (tertiary/aromatic N) is 2. The Morgan fingerprint density at radius 1 is 1.03 bits per heavy atom. The molecule has 1 heterocycles. The maximum absolute atomic E-state index is 12.7. The molecule has 4 rings (SSSR count). The molecule has 0 aliphatic carbocycles. The number of halogens is 2. The minimum absolute atomic E-state index is 0.236. The van der Waals surface area contributed by atoms with Crippen LogP contribution in [0.15, 0.2) is 60.8 Å². The van der Waals surface area contributed by atoms with Gasteiger partial charge in [0.05, 0.1) is 21.1 Å². The molecule has 3 aromatic carbocycles. The van der Waals surface area contributed by atoms with Gasteiger partial charge in [-0.25, -0.2) is 9.97 Å². The van der Waals surface area contributed by atoms with E-state index in [0.29, 0.717) is 22.2 Å². The van der Waals surface area contributed by atoms with Crippen LogP contribution in [0.3, 0.4) is 0 Å². The van der Waals surface area contributed by atoms with Crippen molar-refractivity contribution in [1.82, 2.24) is 9.97 Å². The molecular weight excluding hydrogens is 419 g/mol. The molecule has 1 amide bonds. The number of nitrogens with one attached hydrogen (secondary N) is 2. The van der Waals surface area contributed by atoms with Crippen molar-refractivity contribution in [3.05, 3.63) is 82.0 Å². The quantitative estimate of drug-likeness (QED) is 0.399. The van der Waals surface area contributed by atoms with Gasteiger partial charge in [-0.1, -0.05) is 41.4 Å². The van der Waals surface area contributed by atoms with E-state index in [-0.39, 0.29) is 10.9 Å². The molecule has 0 fully saturated rings. The Hall–Kier alpha value is -3.15. The molecule has 0 saturated carbocycles. The number of carbonyl (C=O) groups is 1. The number of hydrogen-bond acceptors (Lipinski definition) is 4. The predicted molar refractivity (Wildman–Crippen MR) is 124 cm³/mol. The number of rotatable bonds is 4. The van der Waals surface area contributed by atoms with E-state index in [4.69, 9.17) is 23.2 Å². The second kappa shape index (κ2) is 8.30.